The summed E-state index contributed by atoms with van der Waals surface area (Å²) in [5.41, 5.74) is 0.900. The monoisotopic (exact) mass is 407 g/mol. The molecule has 0 aromatic heterocycles. The third-order valence-electron chi connectivity index (χ3n) is 4.65. The van der Waals surface area contributed by atoms with Gasteiger partial charge in [0.25, 0.3) is 0 Å². The van der Waals surface area contributed by atoms with Crippen molar-refractivity contribution < 1.29 is 17.9 Å². The summed E-state index contributed by atoms with van der Waals surface area (Å²) in [7, 11) is -3.60. The van der Waals surface area contributed by atoms with Gasteiger partial charge in [-0.25, -0.2) is 13.2 Å². The zero-order chi connectivity index (χ0) is 19.4. The first-order valence-electron chi connectivity index (χ1n) is 8.95. The number of esters is 1. The van der Waals surface area contributed by atoms with Gasteiger partial charge in [-0.3, -0.25) is 0 Å². The molecule has 0 radical (unpaired) electrons. The largest absolute Gasteiger partial charge is 0.454 e. The third kappa shape index (κ3) is 4.51. The van der Waals surface area contributed by atoms with Crippen LogP contribution < -0.4 is 0 Å². The average Bonchev–Trinajstić information content (AvgIpc) is 2.69. The number of ether oxygens (including phenoxy) is 1. The number of carbonyl (C=O) groups excluding carboxylic acids is 1. The minimum Gasteiger partial charge on any atom is -0.454 e. The fraction of sp³-hybridized carbons (Fsp3) is 0.350. The van der Waals surface area contributed by atoms with Gasteiger partial charge in [-0.05, 0) is 44.0 Å². The van der Waals surface area contributed by atoms with E-state index >= 15 is 0 Å². The molecular weight excluding hydrogens is 386 g/mol. The number of carbonyl (C=O) groups is 1. The lowest BCUT2D eigenvalue weighted by Gasteiger charge is -2.26. The molecule has 27 heavy (non-hydrogen) atoms. The van der Waals surface area contributed by atoms with E-state index in [9.17, 15) is 13.2 Å². The first-order chi connectivity index (χ1) is 12.9. The maximum Gasteiger partial charge on any atom is 0.338 e. The van der Waals surface area contributed by atoms with Crippen LogP contribution in [0, 0.1) is 0 Å². The average molecular weight is 408 g/mol. The second-order valence-corrected chi connectivity index (χ2v) is 8.91. The van der Waals surface area contributed by atoms with Gasteiger partial charge in [0.05, 0.1) is 10.5 Å². The van der Waals surface area contributed by atoms with Crippen molar-refractivity contribution in [1.82, 2.24) is 4.31 Å². The molecule has 0 spiro atoms. The molecule has 1 heterocycles. The maximum absolute atomic E-state index is 12.8. The smallest absolute Gasteiger partial charge is 0.338 e. The molecule has 0 N–H and O–H groups in total. The Hall–Kier alpha value is -1.89. The van der Waals surface area contributed by atoms with E-state index in [-0.39, 0.29) is 10.5 Å². The standard InChI is InChI=1S/C20H22ClNO4S/c1-15(18-10-3-4-11-19(18)21)26-20(23)16-8-7-9-17(14-16)27(24,25)22-12-5-2-6-13-22/h3-4,7-11,14-15H,2,5-6,12-13H2,1H3/t15-/m0/s1. The Labute approximate surface area is 165 Å². The minimum absolute atomic E-state index is 0.115. The first-order valence-corrected chi connectivity index (χ1v) is 10.8. The van der Waals surface area contributed by atoms with Gasteiger partial charge in [0.2, 0.25) is 10.0 Å². The number of hydrogen-bond acceptors (Lipinski definition) is 4. The van der Waals surface area contributed by atoms with Gasteiger partial charge in [0, 0.05) is 23.7 Å². The summed E-state index contributed by atoms with van der Waals surface area (Å²) in [6, 6.07) is 13.1. The van der Waals surface area contributed by atoms with Crippen LogP contribution in [0.1, 0.15) is 48.2 Å². The molecule has 0 saturated carbocycles. The van der Waals surface area contributed by atoms with Gasteiger partial charge in [-0.1, -0.05) is 42.3 Å². The van der Waals surface area contributed by atoms with Gasteiger partial charge in [0.1, 0.15) is 6.10 Å². The Kier molecular flexibility index (Phi) is 6.19. The van der Waals surface area contributed by atoms with Gasteiger partial charge >= 0.3 is 5.97 Å². The molecule has 1 atom stereocenters. The van der Waals surface area contributed by atoms with Crippen LogP contribution in [0.5, 0.6) is 0 Å². The Morgan fingerprint density at radius 3 is 2.48 bits per heavy atom. The van der Waals surface area contributed by atoms with Crippen molar-refractivity contribution in [2.75, 3.05) is 13.1 Å². The molecule has 0 bridgehead atoms. The minimum atomic E-state index is -3.60. The molecule has 3 rings (SSSR count). The second-order valence-electron chi connectivity index (χ2n) is 6.56. The highest BCUT2D eigenvalue weighted by atomic mass is 35.5. The normalized spacial score (nSPS) is 16.7. The van der Waals surface area contributed by atoms with Crippen LogP contribution in [0.15, 0.2) is 53.4 Å². The van der Waals surface area contributed by atoms with Crippen LogP contribution in [0.4, 0.5) is 0 Å². The van der Waals surface area contributed by atoms with Crippen LogP contribution >= 0.6 is 11.6 Å². The molecule has 2 aromatic carbocycles. The summed E-state index contributed by atoms with van der Waals surface area (Å²) in [4.78, 5) is 12.6. The molecule has 1 fully saturated rings. The van der Waals surface area contributed by atoms with Crippen LogP contribution in [-0.2, 0) is 14.8 Å². The van der Waals surface area contributed by atoms with Gasteiger partial charge in [-0.2, -0.15) is 4.31 Å². The summed E-state index contributed by atoms with van der Waals surface area (Å²) in [6.45, 7) is 2.76. The molecule has 144 valence electrons. The third-order valence-corrected chi connectivity index (χ3v) is 6.89. The number of halogens is 1. The van der Waals surface area contributed by atoms with E-state index in [2.05, 4.69) is 0 Å². The molecule has 0 aliphatic carbocycles. The van der Waals surface area contributed by atoms with E-state index in [1.54, 1.807) is 37.3 Å². The van der Waals surface area contributed by atoms with E-state index < -0.39 is 22.1 Å². The van der Waals surface area contributed by atoms with Crippen molar-refractivity contribution >= 4 is 27.6 Å². The quantitative estimate of drug-likeness (QED) is 0.687. The number of sulfonamides is 1. The fourth-order valence-corrected chi connectivity index (χ4v) is 4.99. The van der Waals surface area contributed by atoms with Crippen LogP contribution in [0.2, 0.25) is 5.02 Å². The molecule has 0 unspecified atom stereocenters. The zero-order valence-electron chi connectivity index (χ0n) is 15.1. The van der Waals surface area contributed by atoms with Gasteiger partial charge in [0.15, 0.2) is 0 Å². The van der Waals surface area contributed by atoms with Crippen LogP contribution in [0.25, 0.3) is 0 Å². The number of hydrogen-bond donors (Lipinski definition) is 0. The first kappa shape index (κ1) is 19.9. The van der Waals surface area contributed by atoms with E-state index in [4.69, 9.17) is 16.3 Å². The maximum atomic E-state index is 12.8. The van der Waals surface area contributed by atoms with Crippen LogP contribution in [-0.4, -0.2) is 31.8 Å². The summed E-state index contributed by atoms with van der Waals surface area (Å²) < 4.78 is 32.6. The molecular formula is C20H22ClNO4S. The lowest BCUT2D eigenvalue weighted by Crippen LogP contribution is -2.35. The number of nitrogens with zero attached hydrogens (tertiary/aromatic N) is 1. The lowest BCUT2D eigenvalue weighted by atomic mass is 10.1. The van der Waals surface area contributed by atoms with Crippen molar-refractivity contribution in [3.05, 3.63) is 64.7 Å². The fourth-order valence-electron chi connectivity index (χ4n) is 3.13. The molecule has 0 amide bonds. The summed E-state index contributed by atoms with van der Waals surface area (Å²) in [5, 5.41) is 0.513. The number of piperidine rings is 1. The van der Waals surface area contributed by atoms with E-state index in [1.165, 1.54) is 16.4 Å². The van der Waals surface area contributed by atoms with Crippen molar-refractivity contribution in [2.24, 2.45) is 0 Å². The topological polar surface area (TPSA) is 63.7 Å². The zero-order valence-corrected chi connectivity index (χ0v) is 16.7. The van der Waals surface area contributed by atoms with E-state index in [1.807, 2.05) is 6.07 Å². The van der Waals surface area contributed by atoms with E-state index in [0.717, 1.165) is 19.3 Å². The predicted molar refractivity (Wildman–Crippen MR) is 104 cm³/mol. The summed E-state index contributed by atoms with van der Waals surface area (Å²) in [5.74, 6) is -0.585. The van der Waals surface area contributed by atoms with Crippen molar-refractivity contribution in [2.45, 2.75) is 37.2 Å². The molecule has 1 aliphatic heterocycles. The molecule has 7 heteroatoms. The highest BCUT2D eigenvalue weighted by Crippen LogP contribution is 2.27. The molecule has 5 nitrogen and oxygen atoms in total. The number of rotatable bonds is 5. The van der Waals surface area contributed by atoms with Crippen molar-refractivity contribution in [3.63, 3.8) is 0 Å². The Balaban J connectivity index is 1.78. The Bertz CT molecular complexity index is 923. The van der Waals surface area contributed by atoms with Crippen molar-refractivity contribution in [3.8, 4) is 0 Å². The second kappa shape index (κ2) is 8.42. The highest BCUT2D eigenvalue weighted by Gasteiger charge is 2.27. The summed E-state index contributed by atoms with van der Waals surface area (Å²) in [6.07, 6.45) is 2.21. The highest BCUT2D eigenvalue weighted by molar-refractivity contribution is 7.89. The lowest BCUT2D eigenvalue weighted by molar-refractivity contribution is 0.0338. The Morgan fingerprint density at radius 1 is 1.07 bits per heavy atom. The number of benzene rings is 2. The van der Waals surface area contributed by atoms with Crippen LogP contribution in [0.3, 0.4) is 0 Å². The van der Waals surface area contributed by atoms with Crippen molar-refractivity contribution in [1.29, 1.82) is 0 Å². The summed E-state index contributed by atoms with van der Waals surface area (Å²) >= 11 is 6.14. The Morgan fingerprint density at radius 2 is 1.78 bits per heavy atom. The molecule has 1 saturated heterocycles. The molecule has 2 aromatic rings. The SMILES string of the molecule is C[C@H](OC(=O)c1cccc(S(=O)(=O)N2CCCCC2)c1)c1ccccc1Cl. The van der Waals surface area contributed by atoms with Gasteiger partial charge < -0.3 is 4.74 Å². The molecule has 1 aliphatic rings. The van der Waals surface area contributed by atoms with Gasteiger partial charge in [-0.15, -0.1) is 0 Å². The van der Waals surface area contributed by atoms with E-state index in [0.29, 0.717) is 23.7 Å². The predicted octanol–water partition coefficient (Wildman–Crippen LogP) is 4.43.